The molecule has 19 heavy (non-hydrogen) atoms. The topological polar surface area (TPSA) is 86.6 Å². The van der Waals surface area contributed by atoms with E-state index in [0.717, 1.165) is 32.8 Å². The van der Waals surface area contributed by atoms with Crippen molar-refractivity contribution in [2.45, 2.75) is 19.4 Å². The zero-order valence-electron chi connectivity index (χ0n) is 11.4. The molecule has 7 heteroatoms. The van der Waals surface area contributed by atoms with Crippen molar-refractivity contribution in [1.82, 2.24) is 15.0 Å². The highest BCUT2D eigenvalue weighted by atomic mass is 16.5. The van der Waals surface area contributed by atoms with Crippen LogP contribution < -0.4 is 5.73 Å². The van der Waals surface area contributed by atoms with Crippen LogP contribution in [0.3, 0.4) is 0 Å². The van der Waals surface area contributed by atoms with E-state index in [9.17, 15) is 0 Å². The number of morpholine rings is 1. The third-order valence-electron chi connectivity index (χ3n) is 3.04. The third kappa shape index (κ3) is 4.54. The molecule has 1 unspecified atom stereocenters. The van der Waals surface area contributed by atoms with Gasteiger partial charge < -0.3 is 19.7 Å². The van der Waals surface area contributed by atoms with Crippen LogP contribution >= 0.6 is 0 Å². The lowest BCUT2D eigenvalue weighted by atomic mass is 10.2. The van der Waals surface area contributed by atoms with Crippen molar-refractivity contribution in [3.8, 4) is 0 Å². The van der Waals surface area contributed by atoms with E-state index in [-0.39, 0.29) is 6.04 Å². The minimum Gasteiger partial charge on any atom is -0.381 e. The maximum atomic E-state index is 6.10. The molecule has 1 aromatic heterocycles. The zero-order chi connectivity index (χ0) is 13.5. The monoisotopic (exact) mass is 270 g/mol. The minimum atomic E-state index is -0.220. The first-order chi connectivity index (χ1) is 9.29. The van der Waals surface area contributed by atoms with E-state index < -0.39 is 0 Å². The molecule has 0 spiro atoms. The molecule has 0 saturated carbocycles. The quantitative estimate of drug-likeness (QED) is 0.697. The second-order valence-electron chi connectivity index (χ2n) is 4.51. The van der Waals surface area contributed by atoms with Crippen molar-refractivity contribution in [3.63, 3.8) is 0 Å². The number of aromatic nitrogens is 2. The van der Waals surface area contributed by atoms with Gasteiger partial charge in [-0.2, -0.15) is 4.98 Å². The van der Waals surface area contributed by atoms with Crippen molar-refractivity contribution >= 4 is 0 Å². The van der Waals surface area contributed by atoms with Crippen LogP contribution in [-0.4, -0.2) is 61.1 Å². The molecule has 0 aliphatic carbocycles. The van der Waals surface area contributed by atoms with Crippen LogP contribution in [0.5, 0.6) is 0 Å². The van der Waals surface area contributed by atoms with Crippen LogP contribution in [-0.2, 0) is 15.9 Å². The second kappa shape index (κ2) is 7.54. The smallest absolute Gasteiger partial charge is 0.229 e. The molecule has 0 amide bonds. The normalized spacial score (nSPS) is 18.6. The van der Waals surface area contributed by atoms with Crippen molar-refractivity contribution < 1.29 is 14.0 Å². The maximum Gasteiger partial charge on any atom is 0.229 e. The maximum absolute atomic E-state index is 6.10. The van der Waals surface area contributed by atoms with Crippen LogP contribution in [0.15, 0.2) is 4.52 Å². The van der Waals surface area contributed by atoms with Gasteiger partial charge in [-0.05, 0) is 6.92 Å². The standard InChI is InChI=1S/C12H22N4O3/c1-2-17-6-3-11-14-12(15-19-11)10(13)9-16-4-7-18-8-5-16/h10H,2-9,13H2,1H3. The first kappa shape index (κ1) is 14.4. The number of hydrogen-bond donors (Lipinski definition) is 1. The Labute approximate surface area is 113 Å². The molecule has 1 aromatic rings. The fraction of sp³-hybridized carbons (Fsp3) is 0.833. The Balaban J connectivity index is 1.79. The van der Waals surface area contributed by atoms with E-state index in [2.05, 4.69) is 15.0 Å². The molecule has 7 nitrogen and oxygen atoms in total. The molecule has 0 bridgehead atoms. The zero-order valence-corrected chi connectivity index (χ0v) is 11.4. The fourth-order valence-electron chi connectivity index (χ4n) is 1.97. The van der Waals surface area contributed by atoms with Gasteiger partial charge in [-0.1, -0.05) is 5.16 Å². The average Bonchev–Trinajstić information content (AvgIpc) is 2.89. The summed E-state index contributed by atoms with van der Waals surface area (Å²) in [6.07, 6.45) is 0.630. The molecule has 1 aliphatic heterocycles. The van der Waals surface area contributed by atoms with Crippen LogP contribution in [0.2, 0.25) is 0 Å². The minimum absolute atomic E-state index is 0.220. The van der Waals surface area contributed by atoms with Gasteiger partial charge in [0.15, 0.2) is 5.82 Å². The largest absolute Gasteiger partial charge is 0.381 e. The molecule has 108 valence electrons. The van der Waals surface area contributed by atoms with Gasteiger partial charge in [-0.3, -0.25) is 4.90 Å². The molecule has 2 heterocycles. The van der Waals surface area contributed by atoms with Crippen molar-refractivity contribution in [2.24, 2.45) is 5.73 Å². The lowest BCUT2D eigenvalue weighted by Gasteiger charge is -2.27. The van der Waals surface area contributed by atoms with Gasteiger partial charge in [0.05, 0.1) is 32.3 Å². The highest BCUT2D eigenvalue weighted by molar-refractivity contribution is 4.94. The van der Waals surface area contributed by atoms with Crippen molar-refractivity contribution in [2.75, 3.05) is 46.1 Å². The first-order valence-electron chi connectivity index (χ1n) is 6.75. The molecular formula is C12H22N4O3. The molecule has 1 fully saturated rings. The number of hydrogen-bond acceptors (Lipinski definition) is 7. The number of rotatable bonds is 7. The Morgan fingerprint density at radius 1 is 1.42 bits per heavy atom. The van der Waals surface area contributed by atoms with Gasteiger partial charge in [0.25, 0.3) is 0 Å². The van der Waals surface area contributed by atoms with Crippen molar-refractivity contribution in [1.29, 1.82) is 0 Å². The molecule has 1 saturated heterocycles. The molecular weight excluding hydrogens is 248 g/mol. The number of nitrogens with zero attached hydrogens (tertiary/aromatic N) is 3. The molecule has 2 N–H and O–H groups in total. The van der Waals surface area contributed by atoms with Crippen LogP contribution in [0.25, 0.3) is 0 Å². The summed E-state index contributed by atoms with van der Waals surface area (Å²) in [6.45, 7) is 7.31. The van der Waals surface area contributed by atoms with E-state index in [4.69, 9.17) is 19.7 Å². The van der Waals surface area contributed by atoms with Gasteiger partial charge in [0, 0.05) is 26.2 Å². The van der Waals surface area contributed by atoms with E-state index in [1.807, 2.05) is 6.92 Å². The predicted octanol–water partition coefficient (Wildman–Crippen LogP) is -0.0194. The molecule has 1 atom stereocenters. The Kier molecular flexibility index (Phi) is 5.71. The van der Waals surface area contributed by atoms with Gasteiger partial charge in [-0.15, -0.1) is 0 Å². The SMILES string of the molecule is CCOCCc1nc(C(N)CN2CCOCC2)no1. The fourth-order valence-corrected chi connectivity index (χ4v) is 1.97. The van der Waals surface area contributed by atoms with Gasteiger partial charge in [0.1, 0.15) is 0 Å². The summed E-state index contributed by atoms with van der Waals surface area (Å²) in [5, 5.41) is 3.94. The number of ether oxygens (including phenoxy) is 2. The Morgan fingerprint density at radius 2 is 2.21 bits per heavy atom. The van der Waals surface area contributed by atoms with Gasteiger partial charge >= 0.3 is 0 Å². The molecule has 0 aromatic carbocycles. The number of nitrogens with two attached hydrogens (primary N) is 1. The highest BCUT2D eigenvalue weighted by Gasteiger charge is 2.19. The van der Waals surface area contributed by atoms with E-state index in [1.165, 1.54) is 0 Å². The Hall–Kier alpha value is -1.02. The van der Waals surface area contributed by atoms with E-state index >= 15 is 0 Å². The summed E-state index contributed by atoms with van der Waals surface area (Å²) in [6, 6.07) is -0.220. The van der Waals surface area contributed by atoms with E-state index in [1.54, 1.807) is 0 Å². The Bertz CT molecular complexity index is 366. The van der Waals surface area contributed by atoms with Crippen molar-refractivity contribution in [3.05, 3.63) is 11.7 Å². The Morgan fingerprint density at radius 3 is 2.95 bits per heavy atom. The summed E-state index contributed by atoms with van der Waals surface area (Å²) in [7, 11) is 0. The lowest BCUT2D eigenvalue weighted by molar-refractivity contribution is 0.0348. The summed E-state index contributed by atoms with van der Waals surface area (Å²) in [5.74, 6) is 1.15. The third-order valence-corrected chi connectivity index (χ3v) is 3.04. The summed E-state index contributed by atoms with van der Waals surface area (Å²) in [5.41, 5.74) is 6.10. The molecule has 0 radical (unpaired) electrons. The van der Waals surface area contributed by atoms with Crippen LogP contribution in [0.4, 0.5) is 0 Å². The lowest BCUT2D eigenvalue weighted by Crippen LogP contribution is -2.40. The van der Waals surface area contributed by atoms with Crippen LogP contribution in [0, 0.1) is 0 Å². The van der Waals surface area contributed by atoms with Gasteiger partial charge in [-0.25, -0.2) is 0 Å². The molecule has 1 aliphatic rings. The van der Waals surface area contributed by atoms with Gasteiger partial charge in [0.2, 0.25) is 5.89 Å². The predicted molar refractivity (Wildman–Crippen MR) is 68.7 cm³/mol. The van der Waals surface area contributed by atoms with E-state index in [0.29, 0.717) is 31.3 Å². The summed E-state index contributed by atoms with van der Waals surface area (Å²) < 4.78 is 15.7. The second-order valence-corrected chi connectivity index (χ2v) is 4.51. The highest BCUT2D eigenvalue weighted by Crippen LogP contribution is 2.10. The van der Waals surface area contributed by atoms with Crippen LogP contribution in [0.1, 0.15) is 24.7 Å². The molecule has 2 rings (SSSR count). The average molecular weight is 270 g/mol. The summed E-state index contributed by atoms with van der Waals surface area (Å²) in [4.78, 5) is 6.56. The first-order valence-corrected chi connectivity index (χ1v) is 6.75. The summed E-state index contributed by atoms with van der Waals surface area (Å²) >= 11 is 0.